The molecule has 1 fully saturated rings. The van der Waals surface area contributed by atoms with Crippen molar-refractivity contribution in [3.63, 3.8) is 0 Å². The van der Waals surface area contributed by atoms with Crippen molar-refractivity contribution in [2.24, 2.45) is 11.3 Å². The van der Waals surface area contributed by atoms with Crippen molar-refractivity contribution in [1.29, 1.82) is 0 Å². The average Bonchev–Trinajstić information content (AvgIpc) is 3.30. The smallest absolute Gasteiger partial charge is 0.337 e. The summed E-state index contributed by atoms with van der Waals surface area (Å²) in [7, 11) is -1.75. The molecule has 0 amide bonds. The van der Waals surface area contributed by atoms with Crippen molar-refractivity contribution in [2.45, 2.75) is 19.4 Å². The van der Waals surface area contributed by atoms with Crippen LogP contribution >= 0.6 is 7.29 Å². The standard InChI is InChI=1S/C34H32NO3P/c1-25-24-35(39(37,30-14-8-4-9-15-30)31-16-10-5-11-17-31)32(27-12-6-3-7-13-27)34(25)22-29(23-34)26-18-20-28(21-19-26)33(36)38-2/h3-22,25,32H,23-24H2,1-2H3/t25-,32+,34+/m0/s1. The molecule has 3 atom stereocenters. The van der Waals surface area contributed by atoms with E-state index in [1.807, 2.05) is 91.0 Å². The van der Waals surface area contributed by atoms with E-state index in [-0.39, 0.29) is 17.4 Å². The molecule has 0 unspecified atom stereocenters. The number of rotatable bonds is 6. The largest absolute Gasteiger partial charge is 0.465 e. The number of hydrogen-bond donors (Lipinski definition) is 0. The summed E-state index contributed by atoms with van der Waals surface area (Å²) in [5.74, 6) is -0.0380. The summed E-state index contributed by atoms with van der Waals surface area (Å²) < 4.78 is 22.7. The summed E-state index contributed by atoms with van der Waals surface area (Å²) in [5.41, 5.74) is 3.95. The van der Waals surface area contributed by atoms with E-state index in [4.69, 9.17) is 4.74 Å². The van der Waals surface area contributed by atoms with Gasteiger partial charge in [0.15, 0.2) is 0 Å². The quantitative estimate of drug-likeness (QED) is 0.201. The molecule has 196 valence electrons. The SMILES string of the molecule is COC(=O)c1ccc(C2=C[C@@]3(C2)[C@@H](C)CN(P(=O)(c2ccccc2)c2ccccc2)[C@@H]3c2ccccc2)cc1. The normalized spacial score (nSPS) is 22.8. The molecule has 0 radical (unpaired) electrons. The van der Waals surface area contributed by atoms with E-state index in [2.05, 4.69) is 41.9 Å². The first-order valence-corrected chi connectivity index (χ1v) is 15.1. The van der Waals surface area contributed by atoms with Gasteiger partial charge in [-0.25, -0.2) is 9.46 Å². The maximum Gasteiger partial charge on any atom is 0.337 e. The zero-order valence-electron chi connectivity index (χ0n) is 22.2. The molecule has 1 saturated heterocycles. The van der Waals surface area contributed by atoms with Gasteiger partial charge in [0.05, 0.1) is 18.7 Å². The van der Waals surface area contributed by atoms with E-state index < -0.39 is 7.29 Å². The fraction of sp³-hybridized carbons (Fsp3) is 0.206. The monoisotopic (exact) mass is 533 g/mol. The highest BCUT2D eigenvalue weighted by Crippen LogP contribution is 2.68. The van der Waals surface area contributed by atoms with Crippen LogP contribution in [0.4, 0.5) is 0 Å². The number of benzene rings is 4. The van der Waals surface area contributed by atoms with Crippen molar-refractivity contribution >= 4 is 29.4 Å². The van der Waals surface area contributed by atoms with E-state index >= 15 is 4.57 Å². The van der Waals surface area contributed by atoms with Crippen LogP contribution in [-0.4, -0.2) is 24.3 Å². The number of hydrogen-bond acceptors (Lipinski definition) is 3. The van der Waals surface area contributed by atoms with E-state index in [0.717, 1.165) is 29.1 Å². The van der Waals surface area contributed by atoms with Gasteiger partial charge in [0, 0.05) is 22.6 Å². The van der Waals surface area contributed by atoms with Gasteiger partial charge in [-0.2, -0.15) is 0 Å². The van der Waals surface area contributed by atoms with Crippen LogP contribution in [-0.2, 0) is 9.30 Å². The highest BCUT2D eigenvalue weighted by molar-refractivity contribution is 7.76. The number of carbonyl (C=O) groups is 1. The third-order valence-electron chi connectivity index (χ3n) is 8.49. The van der Waals surface area contributed by atoms with E-state index in [1.54, 1.807) is 0 Å². The van der Waals surface area contributed by atoms with Crippen LogP contribution in [0, 0.1) is 11.3 Å². The van der Waals surface area contributed by atoms with Crippen LogP contribution in [0.1, 0.15) is 40.9 Å². The number of ether oxygens (including phenoxy) is 1. The zero-order valence-corrected chi connectivity index (χ0v) is 23.1. The average molecular weight is 534 g/mol. The first kappa shape index (κ1) is 25.6. The molecule has 2 aliphatic rings. The molecule has 1 aliphatic heterocycles. The lowest BCUT2D eigenvalue weighted by molar-refractivity contribution is 0.0600. The second kappa shape index (κ2) is 10.1. The maximum absolute atomic E-state index is 15.5. The molecule has 0 N–H and O–H groups in total. The van der Waals surface area contributed by atoms with Crippen LogP contribution in [0.15, 0.2) is 121 Å². The van der Waals surface area contributed by atoms with Gasteiger partial charge in [0.25, 0.3) is 0 Å². The Hall–Kier alpha value is -3.72. The molecule has 0 aromatic heterocycles. The first-order valence-electron chi connectivity index (χ1n) is 13.4. The molecule has 6 rings (SSSR count). The Morgan fingerprint density at radius 2 is 1.33 bits per heavy atom. The Labute approximate surface area is 230 Å². The fourth-order valence-corrected chi connectivity index (χ4v) is 9.64. The van der Waals surface area contributed by atoms with Gasteiger partial charge in [0.2, 0.25) is 7.29 Å². The lowest BCUT2D eigenvalue weighted by Gasteiger charge is -2.47. The van der Waals surface area contributed by atoms with Gasteiger partial charge in [0.1, 0.15) is 0 Å². The molecule has 4 aromatic rings. The lowest BCUT2D eigenvalue weighted by atomic mass is 9.59. The number of allylic oxidation sites excluding steroid dienone is 1. The predicted octanol–water partition coefficient (Wildman–Crippen LogP) is 6.87. The zero-order chi connectivity index (χ0) is 27.0. The highest BCUT2D eigenvalue weighted by Gasteiger charge is 2.59. The molecule has 4 aromatic carbocycles. The molecular weight excluding hydrogens is 501 g/mol. The number of nitrogens with zero attached hydrogens (tertiary/aromatic N) is 1. The minimum atomic E-state index is -3.15. The Morgan fingerprint density at radius 3 is 1.85 bits per heavy atom. The summed E-state index contributed by atoms with van der Waals surface area (Å²) in [6, 6.07) is 38.1. The number of methoxy groups -OCH3 is 1. The van der Waals surface area contributed by atoms with Gasteiger partial charge in [-0.05, 0) is 65.4 Å². The Bertz CT molecular complexity index is 1510. The van der Waals surface area contributed by atoms with Crippen LogP contribution in [0.25, 0.3) is 5.57 Å². The molecule has 1 aliphatic carbocycles. The molecular formula is C34H32NO3P. The molecule has 4 nitrogen and oxygen atoms in total. The Kier molecular flexibility index (Phi) is 6.62. The molecule has 0 bridgehead atoms. The van der Waals surface area contributed by atoms with Crippen LogP contribution in [0.3, 0.4) is 0 Å². The van der Waals surface area contributed by atoms with Gasteiger partial charge in [-0.15, -0.1) is 0 Å². The topological polar surface area (TPSA) is 46.6 Å². The van der Waals surface area contributed by atoms with E-state index in [0.29, 0.717) is 11.5 Å². The molecule has 5 heteroatoms. The highest BCUT2D eigenvalue weighted by atomic mass is 31.2. The van der Waals surface area contributed by atoms with Crippen molar-refractivity contribution in [2.75, 3.05) is 13.7 Å². The van der Waals surface area contributed by atoms with E-state index in [9.17, 15) is 4.79 Å². The second-order valence-corrected chi connectivity index (χ2v) is 13.3. The van der Waals surface area contributed by atoms with Gasteiger partial charge < -0.3 is 4.74 Å². The van der Waals surface area contributed by atoms with E-state index in [1.165, 1.54) is 18.2 Å². The van der Waals surface area contributed by atoms with Gasteiger partial charge >= 0.3 is 5.97 Å². The summed E-state index contributed by atoms with van der Waals surface area (Å²) in [5, 5.41) is 1.73. The second-order valence-electron chi connectivity index (χ2n) is 10.6. The lowest BCUT2D eigenvalue weighted by Crippen LogP contribution is -2.39. The minimum Gasteiger partial charge on any atom is -0.465 e. The maximum atomic E-state index is 15.5. The number of carbonyl (C=O) groups excluding carboxylic acids is 1. The van der Waals surface area contributed by atoms with Gasteiger partial charge in [-0.3, -0.25) is 4.57 Å². The fourth-order valence-electron chi connectivity index (χ4n) is 6.44. The number of esters is 1. The first-order chi connectivity index (χ1) is 19.0. The molecule has 0 saturated carbocycles. The molecule has 39 heavy (non-hydrogen) atoms. The summed E-state index contributed by atoms with van der Waals surface area (Å²) in [6.07, 6.45) is 3.29. The predicted molar refractivity (Wildman–Crippen MR) is 158 cm³/mol. The third kappa shape index (κ3) is 4.19. The molecule has 1 spiro atoms. The summed E-state index contributed by atoms with van der Waals surface area (Å²) in [4.78, 5) is 11.9. The Morgan fingerprint density at radius 1 is 0.821 bits per heavy atom. The minimum absolute atomic E-state index is 0.0435. The van der Waals surface area contributed by atoms with Crippen molar-refractivity contribution in [3.8, 4) is 0 Å². The van der Waals surface area contributed by atoms with Crippen LogP contribution in [0.2, 0.25) is 0 Å². The molecule has 1 heterocycles. The summed E-state index contributed by atoms with van der Waals surface area (Å²) >= 11 is 0. The van der Waals surface area contributed by atoms with Crippen LogP contribution < -0.4 is 10.6 Å². The Balaban J connectivity index is 1.47. The summed E-state index contributed by atoms with van der Waals surface area (Å²) in [6.45, 7) is 3.02. The third-order valence-corrected chi connectivity index (χ3v) is 11.6. The van der Waals surface area contributed by atoms with Crippen molar-refractivity contribution in [1.82, 2.24) is 4.67 Å². The van der Waals surface area contributed by atoms with Crippen LogP contribution in [0.5, 0.6) is 0 Å². The van der Waals surface area contributed by atoms with Crippen molar-refractivity contribution < 1.29 is 14.1 Å². The van der Waals surface area contributed by atoms with Gasteiger partial charge in [-0.1, -0.05) is 91.9 Å². The van der Waals surface area contributed by atoms with Crippen molar-refractivity contribution in [3.05, 3.63) is 138 Å².